The van der Waals surface area contributed by atoms with Crippen LogP contribution in [-0.2, 0) is 25.6 Å². The molecule has 40 heavy (non-hydrogen) atoms. The summed E-state index contributed by atoms with van der Waals surface area (Å²) in [7, 11) is 0. The number of carbonyl (C=O) groups excluding carboxylic acids is 4. The molecule has 0 aromatic heterocycles. The van der Waals surface area contributed by atoms with Gasteiger partial charge in [-0.25, -0.2) is 19.5 Å². The molecule has 3 unspecified atom stereocenters. The van der Waals surface area contributed by atoms with Gasteiger partial charge in [-0.15, -0.1) is 0 Å². The van der Waals surface area contributed by atoms with E-state index in [9.17, 15) is 19.2 Å². The number of likely N-dealkylation sites (tertiary alicyclic amines) is 1. The van der Waals surface area contributed by atoms with Crippen LogP contribution in [0, 0.1) is 17.8 Å². The van der Waals surface area contributed by atoms with Crippen molar-refractivity contribution in [2.75, 3.05) is 19.6 Å². The van der Waals surface area contributed by atoms with Gasteiger partial charge in [0.15, 0.2) is 0 Å². The zero-order chi connectivity index (χ0) is 28.8. The molecule has 0 spiro atoms. The molecule has 212 valence electrons. The van der Waals surface area contributed by atoms with Crippen molar-refractivity contribution in [2.24, 2.45) is 22.7 Å². The van der Waals surface area contributed by atoms with Crippen LogP contribution in [0.2, 0.25) is 0 Å². The highest BCUT2D eigenvalue weighted by atomic mass is 16.6. The minimum atomic E-state index is -1.29. The predicted molar refractivity (Wildman–Crippen MR) is 147 cm³/mol. The molecule has 5 rings (SSSR count). The Morgan fingerprint density at radius 1 is 1.10 bits per heavy atom. The number of hydrogen-bond donors (Lipinski definition) is 0. The first-order valence-corrected chi connectivity index (χ1v) is 14.1. The number of aliphatic imine (C=N–C) groups is 1. The highest BCUT2D eigenvalue weighted by Crippen LogP contribution is 2.56. The van der Waals surface area contributed by atoms with E-state index in [1.165, 1.54) is 14.7 Å². The van der Waals surface area contributed by atoms with Gasteiger partial charge < -0.3 is 14.4 Å². The summed E-state index contributed by atoms with van der Waals surface area (Å²) in [6.45, 7) is 10.6. The molecule has 3 heterocycles. The molecule has 0 radical (unpaired) electrons. The molecule has 3 aliphatic heterocycles. The van der Waals surface area contributed by atoms with Gasteiger partial charge in [-0.1, -0.05) is 43.3 Å². The smallest absolute Gasteiger partial charge is 0.393 e. The average molecular weight is 549 g/mol. The molecule has 4 atom stereocenters. The zero-order valence-corrected chi connectivity index (χ0v) is 23.7. The van der Waals surface area contributed by atoms with Crippen molar-refractivity contribution in [1.29, 1.82) is 0 Å². The maximum atomic E-state index is 13.7. The Kier molecular flexibility index (Phi) is 7.29. The highest BCUT2D eigenvalue weighted by molar-refractivity contribution is 6.09. The van der Waals surface area contributed by atoms with E-state index in [4.69, 9.17) is 14.5 Å². The maximum absolute atomic E-state index is 13.7. The Balaban J connectivity index is 1.69. The first-order valence-electron chi connectivity index (χ1n) is 14.1. The van der Waals surface area contributed by atoms with E-state index in [0.29, 0.717) is 31.5 Å². The molecule has 2 fully saturated rings. The minimum absolute atomic E-state index is 0.0990. The number of cyclic esters (lactones) is 1. The minimum Gasteiger partial charge on any atom is -0.393 e. The number of imide groups is 1. The summed E-state index contributed by atoms with van der Waals surface area (Å²) in [6.07, 6.45) is 1.50. The number of nitrogens with zero attached hydrogens (tertiary/aromatic N) is 4. The fourth-order valence-electron chi connectivity index (χ4n) is 6.66. The summed E-state index contributed by atoms with van der Waals surface area (Å²) in [4.78, 5) is 62.7. The first-order chi connectivity index (χ1) is 19.2. The molecule has 1 aromatic rings. The predicted octanol–water partition coefficient (Wildman–Crippen LogP) is 4.48. The number of fused-ring (bicyclic) bond motifs is 5. The lowest BCUT2D eigenvalue weighted by atomic mass is 9.61. The fourth-order valence-corrected chi connectivity index (χ4v) is 6.66. The Bertz CT molecular complexity index is 1330. The summed E-state index contributed by atoms with van der Waals surface area (Å²) >= 11 is 0. The lowest BCUT2D eigenvalue weighted by Gasteiger charge is -2.49. The second-order valence-corrected chi connectivity index (χ2v) is 10.6. The van der Waals surface area contributed by atoms with Crippen molar-refractivity contribution in [3.63, 3.8) is 0 Å². The van der Waals surface area contributed by atoms with Crippen molar-refractivity contribution in [2.45, 2.75) is 59.5 Å². The molecule has 4 aliphatic rings. The van der Waals surface area contributed by atoms with Crippen LogP contribution in [0.15, 0.2) is 58.4 Å². The van der Waals surface area contributed by atoms with E-state index < -0.39 is 35.5 Å². The Morgan fingerprint density at radius 2 is 1.80 bits per heavy atom. The molecule has 1 aromatic carbocycles. The first kappa shape index (κ1) is 27.6. The summed E-state index contributed by atoms with van der Waals surface area (Å²) in [5.74, 6) is -2.05. The number of hydrogen-bond acceptors (Lipinski definition) is 7. The molecular weight excluding hydrogens is 512 g/mol. The van der Waals surface area contributed by atoms with Crippen LogP contribution in [-0.4, -0.2) is 69.8 Å². The van der Waals surface area contributed by atoms with Gasteiger partial charge in [-0.2, -0.15) is 0 Å². The molecule has 0 N–H and O–H groups in total. The van der Waals surface area contributed by atoms with E-state index in [1.54, 1.807) is 13.8 Å². The van der Waals surface area contributed by atoms with Crippen LogP contribution in [0.1, 0.15) is 53.0 Å². The van der Waals surface area contributed by atoms with E-state index in [1.807, 2.05) is 57.2 Å². The van der Waals surface area contributed by atoms with Gasteiger partial charge in [-0.05, 0) is 51.7 Å². The molecule has 1 aliphatic carbocycles. The largest absolute Gasteiger partial charge is 0.424 e. The topological polar surface area (TPSA) is 109 Å². The summed E-state index contributed by atoms with van der Waals surface area (Å²) in [5.41, 5.74) is 1.08. The van der Waals surface area contributed by atoms with Gasteiger partial charge in [0.2, 0.25) is 23.6 Å². The monoisotopic (exact) mass is 548 g/mol. The average Bonchev–Trinajstić information content (AvgIpc) is 3.36. The Labute approximate surface area is 234 Å². The lowest BCUT2D eigenvalue weighted by molar-refractivity contribution is -0.140. The molecular formula is C30H36N4O6. The van der Waals surface area contributed by atoms with Gasteiger partial charge in [0.25, 0.3) is 0 Å². The number of carbonyl (C=O) groups is 4. The highest BCUT2D eigenvalue weighted by Gasteiger charge is 2.68. The van der Waals surface area contributed by atoms with Gasteiger partial charge in [0.1, 0.15) is 5.54 Å². The van der Waals surface area contributed by atoms with Crippen LogP contribution in [0.5, 0.6) is 0 Å². The molecule has 0 bridgehead atoms. The van der Waals surface area contributed by atoms with Crippen LogP contribution in [0.4, 0.5) is 9.59 Å². The van der Waals surface area contributed by atoms with Crippen LogP contribution in [0.25, 0.3) is 0 Å². The van der Waals surface area contributed by atoms with Gasteiger partial charge >= 0.3 is 12.2 Å². The normalized spacial score (nSPS) is 28.3. The van der Waals surface area contributed by atoms with Crippen LogP contribution >= 0.6 is 0 Å². The summed E-state index contributed by atoms with van der Waals surface area (Å²) < 4.78 is 11.8. The Morgan fingerprint density at radius 3 is 2.42 bits per heavy atom. The number of allylic oxidation sites excluding steroid dienone is 2. The molecule has 0 saturated carbocycles. The standard InChI is InChI=1S/C30H36N4O6/c1-6-19-20-15-16-21-22(25(36)33(9-4)24(21)35)23(20)30(5)27(31-17-18-13-11-10-12-14-18)40-29(38)34(30)26(19)39-28(37)32(7-2)8-3/h10-15,21-23H,6-9,16-17H2,1-5H3/t21?,22?,23?,30-/m0/s1. The van der Waals surface area contributed by atoms with Crippen molar-refractivity contribution in [3.05, 3.63) is 59.0 Å². The molecule has 10 heteroatoms. The van der Waals surface area contributed by atoms with Crippen LogP contribution in [0.3, 0.4) is 0 Å². The molecule has 10 nitrogen and oxygen atoms in total. The van der Waals surface area contributed by atoms with E-state index in [-0.39, 0.29) is 36.7 Å². The third-order valence-electron chi connectivity index (χ3n) is 8.66. The fraction of sp³-hybridized carbons (Fsp3) is 0.500. The van der Waals surface area contributed by atoms with E-state index >= 15 is 0 Å². The number of amides is 4. The second-order valence-electron chi connectivity index (χ2n) is 10.6. The lowest BCUT2D eigenvalue weighted by Crippen LogP contribution is -2.60. The van der Waals surface area contributed by atoms with Crippen molar-refractivity contribution in [3.8, 4) is 0 Å². The van der Waals surface area contributed by atoms with Gasteiger partial charge in [0, 0.05) is 31.1 Å². The maximum Gasteiger partial charge on any atom is 0.424 e. The third-order valence-corrected chi connectivity index (χ3v) is 8.66. The molecule has 4 amide bonds. The third kappa shape index (κ3) is 4.03. The molecule has 2 saturated heterocycles. The number of ether oxygens (including phenoxy) is 2. The number of rotatable bonds is 7. The SMILES string of the molecule is CCC1=C(OC(=O)N(CC)CC)N2C(=O)OC(=NCc3ccccc3)[C@]2(C)C2C1=CCC1C(=O)N(CC)C(=O)C12. The summed E-state index contributed by atoms with van der Waals surface area (Å²) in [5, 5.41) is 0. The van der Waals surface area contributed by atoms with Gasteiger partial charge in [-0.3, -0.25) is 14.5 Å². The van der Waals surface area contributed by atoms with Crippen molar-refractivity contribution in [1.82, 2.24) is 14.7 Å². The Hall–Kier alpha value is -3.95. The van der Waals surface area contributed by atoms with E-state index in [2.05, 4.69) is 0 Å². The van der Waals surface area contributed by atoms with Crippen molar-refractivity contribution >= 4 is 29.9 Å². The van der Waals surface area contributed by atoms with Gasteiger partial charge in [0.05, 0.1) is 18.4 Å². The van der Waals surface area contributed by atoms with Crippen LogP contribution < -0.4 is 0 Å². The number of benzene rings is 1. The second kappa shape index (κ2) is 10.6. The van der Waals surface area contributed by atoms with Crippen molar-refractivity contribution < 1.29 is 28.7 Å². The quantitative estimate of drug-likeness (QED) is 0.465. The zero-order valence-electron chi connectivity index (χ0n) is 23.7. The van der Waals surface area contributed by atoms with E-state index in [0.717, 1.165) is 11.1 Å². The summed E-state index contributed by atoms with van der Waals surface area (Å²) in [6, 6.07) is 9.56.